The number of hydrogen-bond acceptors (Lipinski definition) is 6. The van der Waals surface area contributed by atoms with Gasteiger partial charge in [-0.15, -0.1) is 10.2 Å². The molecule has 8 heteroatoms. The summed E-state index contributed by atoms with van der Waals surface area (Å²) in [4.78, 5) is 12.4. The molecule has 0 aliphatic heterocycles. The van der Waals surface area contributed by atoms with Crippen LogP contribution in [-0.2, 0) is 17.8 Å². The van der Waals surface area contributed by atoms with Crippen LogP contribution in [0.3, 0.4) is 0 Å². The van der Waals surface area contributed by atoms with E-state index in [2.05, 4.69) is 22.4 Å². The summed E-state index contributed by atoms with van der Waals surface area (Å²) < 4.78 is 11.1. The van der Waals surface area contributed by atoms with Gasteiger partial charge < -0.3 is 14.5 Å². The lowest BCUT2D eigenvalue weighted by molar-refractivity contribution is -0.115. The lowest BCUT2D eigenvalue weighted by atomic mass is 10.1. The molecule has 1 amide bonds. The van der Waals surface area contributed by atoms with Gasteiger partial charge in [0.1, 0.15) is 5.75 Å². The molecule has 2 aromatic carbocycles. The van der Waals surface area contributed by atoms with Crippen LogP contribution < -0.4 is 10.1 Å². The van der Waals surface area contributed by atoms with Crippen molar-refractivity contribution in [2.75, 3.05) is 5.32 Å². The van der Waals surface area contributed by atoms with Gasteiger partial charge in [0.25, 0.3) is 11.1 Å². The fraction of sp³-hybridized carbons (Fsp3) is 0.250. The molecule has 1 unspecified atom stereocenters. The molecule has 0 bridgehead atoms. The van der Waals surface area contributed by atoms with E-state index in [0.29, 0.717) is 21.9 Å². The first kappa shape index (κ1) is 20.2. The van der Waals surface area contributed by atoms with E-state index >= 15 is 0 Å². The first-order valence-corrected chi connectivity index (χ1v) is 10.1. The summed E-state index contributed by atoms with van der Waals surface area (Å²) in [6.07, 6.45) is 0.960. The third-order valence-corrected chi connectivity index (χ3v) is 5.09. The fourth-order valence-electron chi connectivity index (χ4n) is 2.29. The van der Waals surface area contributed by atoms with E-state index in [0.717, 1.165) is 12.1 Å². The zero-order valence-corrected chi connectivity index (χ0v) is 17.1. The lowest BCUT2D eigenvalue weighted by Gasteiger charge is -2.10. The summed E-state index contributed by atoms with van der Waals surface area (Å²) in [7, 11) is 0. The molecule has 0 aliphatic carbocycles. The van der Waals surface area contributed by atoms with E-state index in [1.165, 1.54) is 17.3 Å². The molecule has 1 atom stereocenters. The van der Waals surface area contributed by atoms with E-state index in [9.17, 15) is 4.79 Å². The van der Waals surface area contributed by atoms with E-state index < -0.39 is 5.25 Å². The van der Waals surface area contributed by atoms with E-state index in [1.54, 1.807) is 31.2 Å². The summed E-state index contributed by atoms with van der Waals surface area (Å²) in [5.41, 5.74) is 1.98. The third kappa shape index (κ3) is 5.74. The minimum Gasteiger partial charge on any atom is -0.484 e. The summed E-state index contributed by atoms with van der Waals surface area (Å²) in [5.74, 6) is 0.852. The molecular formula is C20H20ClN3O3S. The van der Waals surface area contributed by atoms with Crippen molar-refractivity contribution >= 4 is 35.0 Å². The zero-order valence-electron chi connectivity index (χ0n) is 15.5. The summed E-state index contributed by atoms with van der Waals surface area (Å²) in [5, 5.41) is 11.4. The normalized spacial score (nSPS) is 11.8. The van der Waals surface area contributed by atoms with Crippen molar-refractivity contribution < 1.29 is 13.9 Å². The number of hydrogen-bond donors (Lipinski definition) is 1. The van der Waals surface area contributed by atoms with Crippen LogP contribution in [0.15, 0.2) is 58.2 Å². The number of anilines is 1. The number of rotatable bonds is 8. The summed E-state index contributed by atoms with van der Waals surface area (Å²) in [6.45, 7) is 4.01. The van der Waals surface area contributed by atoms with Gasteiger partial charge in [-0.1, -0.05) is 42.4 Å². The van der Waals surface area contributed by atoms with Crippen molar-refractivity contribution in [2.45, 2.75) is 37.3 Å². The van der Waals surface area contributed by atoms with Crippen molar-refractivity contribution in [3.05, 3.63) is 65.0 Å². The predicted octanol–water partition coefficient (Wildman–Crippen LogP) is 4.98. The molecule has 0 fully saturated rings. The van der Waals surface area contributed by atoms with E-state index in [4.69, 9.17) is 20.8 Å². The highest BCUT2D eigenvalue weighted by Gasteiger charge is 2.18. The molecule has 1 N–H and O–H groups in total. The number of aromatic nitrogens is 2. The number of thioether (sulfide) groups is 1. The Balaban J connectivity index is 1.50. The Kier molecular flexibility index (Phi) is 6.95. The van der Waals surface area contributed by atoms with Crippen LogP contribution >= 0.6 is 23.4 Å². The van der Waals surface area contributed by atoms with Gasteiger partial charge >= 0.3 is 0 Å². The molecule has 1 aromatic heterocycles. The molecule has 6 nitrogen and oxygen atoms in total. The highest BCUT2D eigenvalue weighted by Crippen LogP contribution is 2.24. The number of carbonyl (C=O) groups excluding carboxylic acids is 1. The fourth-order valence-corrected chi connectivity index (χ4v) is 3.12. The number of ether oxygens (including phenoxy) is 1. The largest absolute Gasteiger partial charge is 0.484 e. The van der Waals surface area contributed by atoms with E-state index in [1.807, 2.05) is 24.3 Å². The van der Waals surface area contributed by atoms with Crippen LogP contribution in [0, 0.1) is 0 Å². The second-order valence-electron chi connectivity index (χ2n) is 6.00. The van der Waals surface area contributed by atoms with Gasteiger partial charge in [-0.25, -0.2) is 0 Å². The maximum Gasteiger partial charge on any atom is 0.277 e. The van der Waals surface area contributed by atoms with Crippen LogP contribution in [-0.4, -0.2) is 21.4 Å². The van der Waals surface area contributed by atoms with Crippen molar-refractivity contribution in [1.82, 2.24) is 10.2 Å². The Morgan fingerprint density at radius 3 is 2.57 bits per heavy atom. The second-order valence-corrected chi connectivity index (χ2v) is 7.73. The molecule has 0 spiro atoms. The number of carbonyl (C=O) groups is 1. The lowest BCUT2D eigenvalue weighted by Crippen LogP contribution is -2.22. The quantitative estimate of drug-likeness (QED) is 0.520. The Bertz CT molecular complexity index is 913. The average molecular weight is 418 g/mol. The monoisotopic (exact) mass is 417 g/mol. The molecule has 3 rings (SSSR count). The Hall–Kier alpha value is -2.51. The van der Waals surface area contributed by atoms with Crippen molar-refractivity contribution in [3.63, 3.8) is 0 Å². The average Bonchev–Trinajstić information content (AvgIpc) is 3.15. The van der Waals surface area contributed by atoms with Crippen molar-refractivity contribution in [1.29, 1.82) is 0 Å². The first-order chi connectivity index (χ1) is 13.5. The molecule has 28 heavy (non-hydrogen) atoms. The number of halogens is 1. The minimum absolute atomic E-state index is 0.133. The van der Waals surface area contributed by atoms with Crippen LogP contribution in [0.1, 0.15) is 25.3 Å². The topological polar surface area (TPSA) is 77.2 Å². The maximum absolute atomic E-state index is 12.4. The summed E-state index contributed by atoms with van der Waals surface area (Å²) >= 11 is 7.04. The van der Waals surface area contributed by atoms with Gasteiger partial charge in [0.2, 0.25) is 5.91 Å². The van der Waals surface area contributed by atoms with Crippen molar-refractivity contribution in [2.24, 2.45) is 0 Å². The molecule has 1 heterocycles. The van der Waals surface area contributed by atoms with Gasteiger partial charge in [0, 0.05) is 10.7 Å². The number of benzene rings is 2. The number of amides is 1. The molecule has 3 aromatic rings. The molecule has 0 aliphatic rings. The van der Waals surface area contributed by atoms with Gasteiger partial charge in [0.15, 0.2) is 6.61 Å². The molecular weight excluding hydrogens is 398 g/mol. The number of nitrogens with zero attached hydrogens (tertiary/aromatic N) is 2. The molecule has 0 radical (unpaired) electrons. The van der Waals surface area contributed by atoms with Crippen LogP contribution in [0.5, 0.6) is 5.75 Å². The molecule has 0 saturated carbocycles. The van der Waals surface area contributed by atoms with Crippen LogP contribution in [0.25, 0.3) is 0 Å². The van der Waals surface area contributed by atoms with Gasteiger partial charge in [-0.3, -0.25) is 4.79 Å². The molecule has 146 valence electrons. The van der Waals surface area contributed by atoms with Crippen LogP contribution in [0.2, 0.25) is 5.02 Å². The van der Waals surface area contributed by atoms with E-state index in [-0.39, 0.29) is 12.5 Å². The smallest absolute Gasteiger partial charge is 0.277 e. The SMILES string of the molecule is CCc1ccc(NC(=O)C(C)Sc2nnc(COc3ccc(Cl)cc3)o2)cc1. The highest BCUT2D eigenvalue weighted by atomic mass is 35.5. The van der Waals surface area contributed by atoms with Crippen molar-refractivity contribution in [3.8, 4) is 5.75 Å². The Morgan fingerprint density at radius 2 is 1.89 bits per heavy atom. The standard InChI is InChI=1S/C20H20ClN3O3S/c1-3-14-4-8-16(9-5-14)22-19(25)13(2)28-20-24-23-18(27-20)12-26-17-10-6-15(21)7-11-17/h4-11,13H,3,12H2,1-2H3,(H,22,25). The minimum atomic E-state index is -0.392. The predicted molar refractivity (Wildman–Crippen MR) is 110 cm³/mol. The Labute approximate surface area is 172 Å². The molecule has 0 saturated heterocycles. The first-order valence-electron chi connectivity index (χ1n) is 8.80. The van der Waals surface area contributed by atoms with Gasteiger partial charge in [-0.05, 0) is 55.3 Å². The highest BCUT2D eigenvalue weighted by molar-refractivity contribution is 8.00. The van der Waals surface area contributed by atoms with Crippen LogP contribution in [0.4, 0.5) is 5.69 Å². The third-order valence-electron chi connectivity index (χ3n) is 3.90. The maximum atomic E-state index is 12.4. The zero-order chi connectivity index (χ0) is 19.9. The second kappa shape index (κ2) is 9.61. The van der Waals surface area contributed by atoms with Gasteiger partial charge in [0.05, 0.1) is 5.25 Å². The number of nitrogens with one attached hydrogen (secondary N) is 1. The summed E-state index contributed by atoms with van der Waals surface area (Å²) in [6, 6.07) is 14.8. The van der Waals surface area contributed by atoms with Gasteiger partial charge in [-0.2, -0.15) is 0 Å². The number of aryl methyl sites for hydroxylation is 1. The Morgan fingerprint density at radius 1 is 1.18 bits per heavy atom.